The van der Waals surface area contributed by atoms with E-state index in [1.54, 1.807) is 19.1 Å². The van der Waals surface area contributed by atoms with E-state index in [0.29, 0.717) is 0 Å². The Balaban J connectivity index is 3.36. The van der Waals surface area contributed by atoms with Crippen molar-refractivity contribution in [2.24, 2.45) is 0 Å². The van der Waals surface area contributed by atoms with E-state index in [9.17, 15) is 4.79 Å². The minimum atomic E-state index is 0.102. The van der Waals surface area contributed by atoms with E-state index in [4.69, 9.17) is 0 Å². The van der Waals surface area contributed by atoms with Crippen molar-refractivity contribution in [1.82, 2.24) is 0 Å². The lowest BCUT2D eigenvalue weighted by Crippen LogP contribution is -1.77. The number of carbonyl (C=O) groups excluding carboxylic acids is 1. The zero-order valence-corrected chi connectivity index (χ0v) is 7.34. The molecule has 0 aromatic heterocycles. The summed E-state index contributed by atoms with van der Waals surface area (Å²) in [5.41, 5.74) is 0. The van der Waals surface area contributed by atoms with Gasteiger partial charge in [-0.2, -0.15) is 0 Å². The van der Waals surface area contributed by atoms with Gasteiger partial charge < -0.3 is 0 Å². The molecule has 0 saturated carbocycles. The van der Waals surface area contributed by atoms with Gasteiger partial charge in [0.15, 0.2) is 5.78 Å². The fraction of sp³-hybridized carbons (Fsp3) is 0.500. The summed E-state index contributed by atoms with van der Waals surface area (Å²) in [5.74, 6) is 0.102. The minimum Gasteiger partial charge on any atom is -0.295 e. The van der Waals surface area contributed by atoms with Gasteiger partial charge >= 0.3 is 0 Å². The van der Waals surface area contributed by atoms with Gasteiger partial charge in [0, 0.05) is 0 Å². The lowest BCUT2D eigenvalue weighted by molar-refractivity contribution is -0.112. The summed E-state index contributed by atoms with van der Waals surface area (Å²) in [4.78, 5) is 10.4. The molecule has 0 unspecified atom stereocenters. The van der Waals surface area contributed by atoms with Crippen molar-refractivity contribution in [3.63, 3.8) is 0 Å². The molecule has 1 nitrogen and oxygen atoms in total. The summed E-state index contributed by atoms with van der Waals surface area (Å²) in [6, 6.07) is 0. The monoisotopic (exact) mass is 152 g/mol. The molecular weight excluding hydrogens is 136 g/mol. The normalized spacial score (nSPS) is 11.5. The molecule has 0 atom stereocenters. The van der Waals surface area contributed by atoms with Crippen LogP contribution in [0.4, 0.5) is 0 Å². The van der Waals surface area contributed by atoms with Crippen LogP contribution in [0, 0.1) is 0 Å². The van der Waals surface area contributed by atoms with Crippen molar-refractivity contribution >= 4 is 5.78 Å². The molecule has 0 aliphatic rings. The van der Waals surface area contributed by atoms with Gasteiger partial charge in [-0.3, -0.25) is 4.79 Å². The quantitative estimate of drug-likeness (QED) is 0.336. The summed E-state index contributed by atoms with van der Waals surface area (Å²) in [6.45, 7) is 3.72. The van der Waals surface area contributed by atoms with Crippen LogP contribution in [0.5, 0.6) is 0 Å². The van der Waals surface area contributed by atoms with Crippen molar-refractivity contribution in [1.29, 1.82) is 0 Å². The second kappa shape index (κ2) is 7.26. The van der Waals surface area contributed by atoms with Crippen LogP contribution in [0.1, 0.15) is 33.1 Å². The molecule has 0 amide bonds. The molecule has 0 aromatic carbocycles. The first-order chi connectivity index (χ1) is 5.27. The molecule has 0 rings (SSSR count). The van der Waals surface area contributed by atoms with E-state index in [1.165, 1.54) is 12.8 Å². The number of ketones is 1. The fourth-order valence-electron chi connectivity index (χ4n) is 0.688. The molecule has 1 heteroatoms. The van der Waals surface area contributed by atoms with Crippen LogP contribution in [0.3, 0.4) is 0 Å². The molecule has 0 saturated heterocycles. The molecule has 11 heavy (non-hydrogen) atoms. The number of hydrogen-bond donors (Lipinski definition) is 0. The molecule has 0 heterocycles. The standard InChI is InChI=1S/C10H16O/c1-3-4-5-6-7-8-9-10(2)11/h6-9H,3-5H2,1-2H3/b7-6?,9-8+. The zero-order chi connectivity index (χ0) is 8.53. The highest BCUT2D eigenvalue weighted by Crippen LogP contribution is 1.94. The Hall–Kier alpha value is -0.850. The smallest absolute Gasteiger partial charge is 0.152 e. The predicted molar refractivity (Wildman–Crippen MR) is 48.5 cm³/mol. The highest BCUT2D eigenvalue weighted by Gasteiger charge is 1.78. The summed E-state index contributed by atoms with van der Waals surface area (Å²) in [5, 5.41) is 0. The summed E-state index contributed by atoms with van der Waals surface area (Å²) < 4.78 is 0. The van der Waals surface area contributed by atoms with Crippen molar-refractivity contribution in [2.75, 3.05) is 0 Å². The second-order valence-corrected chi connectivity index (χ2v) is 2.54. The van der Waals surface area contributed by atoms with Gasteiger partial charge in [-0.15, -0.1) is 0 Å². The van der Waals surface area contributed by atoms with Gasteiger partial charge in [0.25, 0.3) is 0 Å². The lowest BCUT2D eigenvalue weighted by Gasteiger charge is -1.85. The maximum absolute atomic E-state index is 10.4. The third-order valence-electron chi connectivity index (χ3n) is 1.30. The number of rotatable bonds is 5. The van der Waals surface area contributed by atoms with E-state index in [2.05, 4.69) is 13.0 Å². The maximum atomic E-state index is 10.4. The Morgan fingerprint density at radius 3 is 2.64 bits per heavy atom. The Labute approximate surface area is 68.8 Å². The highest BCUT2D eigenvalue weighted by molar-refractivity contribution is 5.87. The summed E-state index contributed by atoms with van der Waals surface area (Å²) in [6.07, 6.45) is 10.9. The first-order valence-electron chi connectivity index (χ1n) is 4.11. The Morgan fingerprint density at radius 2 is 2.09 bits per heavy atom. The molecule has 0 N–H and O–H groups in total. The van der Waals surface area contributed by atoms with Gasteiger partial charge in [0.2, 0.25) is 0 Å². The third-order valence-corrected chi connectivity index (χ3v) is 1.30. The van der Waals surface area contributed by atoms with E-state index in [0.717, 1.165) is 6.42 Å². The molecule has 0 spiro atoms. The first-order valence-corrected chi connectivity index (χ1v) is 4.11. The van der Waals surface area contributed by atoms with Gasteiger partial charge in [0.05, 0.1) is 0 Å². The summed E-state index contributed by atoms with van der Waals surface area (Å²) in [7, 11) is 0. The average molecular weight is 152 g/mol. The lowest BCUT2D eigenvalue weighted by atomic mass is 10.2. The minimum absolute atomic E-state index is 0.102. The van der Waals surface area contributed by atoms with Gasteiger partial charge in [-0.05, 0) is 19.4 Å². The van der Waals surface area contributed by atoms with Crippen molar-refractivity contribution in [3.05, 3.63) is 24.3 Å². The highest BCUT2D eigenvalue weighted by atomic mass is 16.1. The van der Waals surface area contributed by atoms with E-state index < -0.39 is 0 Å². The zero-order valence-electron chi connectivity index (χ0n) is 7.34. The Kier molecular flexibility index (Phi) is 6.70. The van der Waals surface area contributed by atoms with Crippen LogP contribution >= 0.6 is 0 Å². The van der Waals surface area contributed by atoms with Crippen molar-refractivity contribution < 1.29 is 4.79 Å². The second-order valence-electron chi connectivity index (χ2n) is 2.54. The largest absolute Gasteiger partial charge is 0.295 e. The van der Waals surface area contributed by atoms with Crippen LogP contribution in [0.2, 0.25) is 0 Å². The maximum Gasteiger partial charge on any atom is 0.152 e. The predicted octanol–water partition coefficient (Wildman–Crippen LogP) is 2.88. The number of hydrogen-bond acceptors (Lipinski definition) is 1. The van der Waals surface area contributed by atoms with Crippen LogP contribution in [0.25, 0.3) is 0 Å². The van der Waals surface area contributed by atoms with Crippen molar-refractivity contribution in [3.8, 4) is 0 Å². The third kappa shape index (κ3) is 9.15. The number of allylic oxidation sites excluding steroid dienone is 4. The Bertz CT molecular complexity index is 154. The van der Waals surface area contributed by atoms with Crippen molar-refractivity contribution in [2.45, 2.75) is 33.1 Å². The first kappa shape index (κ1) is 10.2. The van der Waals surface area contributed by atoms with E-state index >= 15 is 0 Å². The molecule has 0 aromatic rings. The van der Waals surface area contributed by atoms with E-state index in [1.807, 2.05) is 6.08 Å². The van der Waals surface area contributed by atoms with Crippen LogP contribution in [0.15, 0.2) is 24.3 Å². The molecule has 0 aliphatic heterocycles. The van der Waals surface area contributed by atoms with Gasteiger partial charge in [0.1, 0.15) is 0 Å². The van der Waals surface area contributed by atoms with Gasteiger partial charge in [-0.25, -0.2) is 0 Å². The molecular formula is C10H16O. The van der Waals surface area contributed by atoms with Crippen LogP contribution in [-0.4, -0.2) is 5.78 Å². The molecule has 0 fully saturated rings. The van der Waals surface area contributed by atoms with Crippen LogP contribution < -0.4 is 0 Å². The molecule has 0 aliphatic carbocycles. The topological polar surface area (TPSA) is 17.1 Å². The number of carbonyl (C=O) groups is 1. The number of unbranched alkanes of at least 4 members (excludes halogenated alkanes) is 2. The molecule has 0 bridgehead atoms. The SMILES string of the molecule is CCCCC=C/C=C/C(C)=O. The van der Waals surface area contributed by atoms with Crippen LogP contribution in [-0.2, 0) is 4.79 Å². The molecule has 0 radical (unpaired) electrons. The van der Waals surface area contributed by atoms with E-state index in [-0.39, 0.29) is 5.78 Å². The fourth-order valence-corrected chi connectivity index (χ4v) is 0.688. The molecule has 62 valence electrons. The van der Waals surface area contributed by atoms with Gasteiger partial charge in [-0.1, -0.05) is 38.0 Å². The summed E-state index contributed by atoms with van der Waals surface area (Å²) >= 11 is 0. The average Bonchev–Trinajstić information content (AvgIpc) is 1.96. The Morgan fingerprint density at radius 1 is 1.36 bits per heavy atom.